The van der Waals surface area contributed by atoms with Crippen molar-refractivity contribution in [1.29, 1.82) is 0 Å². The number of rotatable bonds is 81. The number of unbranched alkanes of at least 4 members (excludes halogenated alkanes) is 28. The van der Waals surface area contributed by atoms with Gasteiger partial charge in [0.15, 0.2) is 0 Å². The van der Waals surface area contributed by atoms with Crippen molar-refractivity contribution in [3.05, 3.63) is 144 Å². The summed E-state index contributed by atoms with van der Waals surface area (Å²) in [5, 5.41) is 6.51. The number of nitrogens with two attached hydrogens (primary N) is 4. The number of hydrogen-bond acceptors (Lipinski definition) is 16. The highest BCUT2D eigenvalue weighted by Crippen LogP contribution is 2.19. The Morgan fingerprint density at radius 3 is 0.641 bits per heavy atom. The number of carbonyl (C=O) groups excluding carboxylic acids is 11. The summed E-state index contributed by atoms with van der Waals surface area (Å²) in [7, 11) is 0. The number of nitrogens with zero attached hydrogens (tertiary/aromatic N) is 10. The highest BCUT2D eigenvalue weighted by Gasteiger charge is 2.33. The molecule has 0 heterocycles. The topological polar surface area (TPSA) is 348 Å². The van der Waals surface area contributed by atoms with Crippen molar-refractivity contribution in [1.82, 2.24) is 59.6 Å². The van der Waals surface area contributed by atoms with Crippen LogP contribution in [0.2, 0.25) is 0 Å². The van der Waals surface area contributed by atoms with Gasteiger partial charge in [-0.25, -0.2) is 0 Å². The third kappa shape index (κ3) is 53.4. The molecule has 0 aliphatic heterocycles. The molecule has 0 aromatic heterocycles. The Labute approximate surface area is 788 Å². The van der Waals surface area contributed by atoms with Crippen LogP contribution >= 0.6 is 0 Å². The van der Waals surface area contributed by atoms with Gasteiger partial charge in [-0.2, -0.15) is 0 Å². The average molecular weight is 1820 g/mol. The molecule has 0 spiro atoms. The maximum Gasteiger partial charge on any atom is 0.242 e. The third-order valence-electron chi connectivity index (χ3n) is 24.3. The van der Waals surface area contributed by atoms with Crippen LogP contribution in [0.4, 0.5) is 0 Å². The fraction of sp³-hybridized carbons (Fsp3) is 0.663. The molecule has 0 saturated carbocycles. The molecule has 4 aromatic rings. The van der Waals surface area contributed by atoms with Crippen LogP contribution in [0.15, 0.2) is 121 Å². The van der Waals surface area contributed by atoms with E-state index in [0.29, 0.717) is 71.0 Å². The molecular formula is C104H172N16O11. The number of primary amides is 1. The Kier molecular flexibility index (Phi) is 64.8. The molecule has 11 amide bonds. The normalized spacial score (nSPS) is 11.1. The van der Waals surface area contributed by atoms with Crippen LogP contribution in [-0.4, -0.2) is 291 Å². The second-order valence-corrected chi connectivity index (χ2v) is 35.5. The minimum absolute atomic E-state index is 0.0227. The number of benzene rings is 4. The summed E-state index contributed by atoms with van der Waals surface area (Å²) >= 11 is 0. The third-order valence-corrected chi connectivity index (χ3v) is 24.3. The zero-order valence-corrected chi connectivity index (χ0v) is 81.3. The summed E-state index contributed by atoms with van der Waals surface area (Å²) in [4.78, 5) is 178. The first-order valence-electron chi connectivity index (χ1n) is 50.5. The van der Waals surface area contributed by atoms with E-state index in [4.69, 9.17) is 22.9 Å². The van der Waals surface area contributed by atoms with E-state index in [2.05, 4.69) is 38.3 Å². The number of carbonyl (C=O) groups is 11. The van der Waals surface area contributed by atoms with E-state index in [1.54, 1.807) is 9.80 Å². The van der Waals surface area contributed by atoms with Gasteiger partial charge in [0.2, 0.25) is 65.0 Å². The molecule has 0 atom stereocenters. The Morgan fingerprint density at radius 1 is 0.214 bits per heavy atom. The van der Waals surface area contributed by atoms with E-state index in [1.807, 2.05) is 121 Å². The first-order valence-corrected chi connectivity index (χ1v) is 50.5. The molecule has 27 nitrogen and oxygen atoms in total. The van der Waals surface area contributed by atoms with Crippen molar-refractivity contribution in [2.75, 3.05) is 177 Å². The fourth-order valence-electron chi connectivity index (χ4n) is 16.2. The van der Waals surface area contributed by atoms with E-state index in [1.165, 1.54) is 58.5 Å². The summed E-state index contributed by atoms with van der Waals surface area (Å²) in [5.41, 5.74) is 27.4. The molecule has 0 aliphatic rings. The van der Waals surface area contributed by atoms with E-state index < -0.39 is 85.9 Å². The minimum atomic E-state index is -0.639. The average Bonchev–Trinajstić information content (AvgIpc) is 0.847. The van der Waals surface area contributed by atoms with Gasteiger partial charge in [0, 0.05) is 78.5 Å². The van der Waals surface area contributed by atoms with Gasteiger partial charge in [0.25, 0.3) is 0 Å². The summed E-state index contributed by atoms with van der Waals surface area (Å²) in [6, 6.07) is 38.1. The van der Waals surface area contributed by atoms with Crippen LogP contribution in [-0.2, 0) is 78.4 Å². The van der Waals surface area contributed by atoms with Crippen molar-refractivity contribution in [2.45, 2.75) is 272 Å². The largest absolute Gasteiger partial charge is 0.368 e. The van der Waals surface area contributed by atoms with Gasteiger partial charge in [-0.05, 0) is 113 Å². The summed E-state index contributed by atoms with van der Waals surface area (Å²) in [6.45, 7) is 8.53. The highest BCUT2D eigenvalue weighted by atomic mass is 16.2. The number of amides is 11. The summed E-state index contributed by atoms with van der Waals surface area (Å²) < 4.78 is 0. The van der Waals surface area contributed by atoms with E-state index in [9.17, 15) is 19.2 Å². The van der Waals surface area contributed by atoms with E-state index >= 15 is 33.6 Å². The molecule has 10 N–H and O–H groups in total. The minimum Gasteiger partial charge on any atom is -0.368 e. The Hall–Kier alpha value is -9.15. The molecule has 0 fully saturated rings. The fourth-order valence-corrected chi connectivity index (χ4v) is 16.2. The van der Waals surface area contributed by atoms with Gasteiger partial charge in [0.1, 0.15) is 0 Å². The Balaban J connectivity index is 1.76. The lowest BCUT2D eigenvalue weighted by Gasteiger charge is -2.33. The molecule has 0 bridgehead atoms. The van der Waals surface area contributed by atoms with Gasteiger partial charge in [-0.1, -0.05) is 329 Å². The van der Waals surface area contributed by atoms with Crippen molar-refractivity contribution in [2.24, 2.45) is 22.9 Å². The number of hydrogen-bond donors (Lipinski definition) is 6. The first kappa shape index (κ1) is 114. The predicted molar refractivity (Wildman–Crippen MR) is 528 cm³/mol. The van der Waals surface area contributed by atoms with Crippen LogP contribution in [0.1, 0.15) is 268 Å². The smallest absolute Gasteiger partial charge is 0.242 e. The molecule has 4 aromatic carbocycles. The molecular weight excluding hydrogens is 1650 g/mol. The molecule has 0 saturated heterocycles. The second kappa shape index (κ2) is 74.3. The molecule has 734 valence electrons. The summed E-state index contributed by atoms with van der Waals surface area (Å²) in [5.74, 6) is -5.49. The molecule has 0 radical (unpaired) electrons. The Bertz CT molecular complexity index is 3720. The van der Waals surface area contributed by atoms with Gasteiger partial charge in [-0.3, -0.25) is 52.7 Å². The van der Waals surface area contributed by atoms with Gasteiger partial charge < -0.3 is 82.6 Å². The quantitative estimate of drug-likeness (QED) is 0.0224. The van der Waals surface area contributed by atoms with Gasteiger partial charge in [0.05, 0.1) is 72.0 Å². The van der Waals surface area contributed by atoms with Crippen molar-refractivity contribution >= 4 is 65.0 Å². The first-order chi connectivity index (χ1) is 63.8. The van der Waals surface area contributed by atoms with Crippen LogP contribution < -0.4 is 33.6 Å². The van der Waals surface area contributed by atoms with Crippen molar-refractivity contribution in [3.8, 4) is 0 Å². The zero-order chi connectivity index (χ0) is 95.0. The van der Waals surface area contributed by atoms with Crippen LogP contribution in [0, 0.1) is 0 Å². The highest BCUT2D eigenvalue weighted by molar-refractivity contribution is 5.95. The standard InChI is InChI=1S/C104H172N16O11/c1-5-9-13-17-21-25-29-45-69-111(80-94(108)121)96(123)81-112(70-46-30-26-22-18-14-10-6-2)97(124)82-113(71-47-31-27-23-19-15-11-7-3)98(125)83-114(72-48-32-28-24-20-16-12-8-4)99(126)84-115(73-59-90-51-37-33-38-52-90)100(127)86-117(75-61-92-55-41-35-42-56-92)103(130)89-120(78-65-107)104(131)87-118(76-62-93-57-43-36-44-58-93)101(128)85-116(74-60-91-53-39-34-40-54-91)102(129)88-119(77-64-106)95(122)79-110-68-50-67-109-66-49-63-105/h33-44,51-58,109-110H,5-32,45-50,59-89,105-107H2,1-4H3,(H2,108,121). The monoisotopic (exact) mass is 1820 g/mol. The van der Waals surface area contributed by atoms with Crippen LogP contribution in [0.25, 0.3) is 0 Å². The lowest BCUT2D eigenvalue weighted by atomic mass is 10.1. The number of nitrogens with one attached hydrogen (secondary N) is 2. The molecule has 0 aliphatic carbocycles. The van der Waals surface area contributed by atoms with E-state index in [0.717, 1.165) is 209 Å². The molecule has 4 rings (SSSR count). The van der Waals surface area contributed by atoms with Crippen molar-refractivity contribution < 1.29 is 52.7 Å². The SMILES string of the molecule is CCCCCCCCCCN(CC(N)=O)C(=O)CN(CCCCCCCCCC)C(=O)CN(CCCCCCCCCC)C(=O)CN(CCCCCCCCCC)C(=O)CN(CCc1ccccc1)C(=O)CN(CCc1ccccc1)C(=O)CN(CCN)C(=O)CN(CCc1ccccc1)C(=O)CN(CCc1ccccc1)C(=O)CN(CCN)C(=O)CNCCCNCCCN. The molecule has 131 heavy (non-hydrogen) atoms. The van der Waals surface area contributed by atoms with Crippen molar-refractivity contribution in [3.63, 3.8) is 0 Å². The van der Waals surface area contributed by atoms with Crippen LogP contribution in [0.3, 0.4) is 0 Å². The maximum absolute atomic E-state index is 15.7. The lowest BCUT2D eigenvalue weighted by Crippen LogP contribution is -2.54. The summed E-state index contributed by atoms with van der Waals surface area (Å²) in [6.07, 6.45) is 35.1. The van der Waals surface area contributed by atoms with Crippen LogP contribution in [0.5, 0.6) is 0 Å². The lowest BCUT2D eigenvalue weighted by molar-refractivity contribution is -0.149. The maximum atomic E-state index is 15.7. The second-order valence-electron chi connectivity index (χ2n) is 35.5. The van der Waals surface area contributed by atoms with Gasteiger partial charge in [-0.15, -0.1) is 0 Å². The van der Waals surface area contributed by atoms with Gasteiger partial charge >= 0.3 is 0 Å². The predicted octanol–water partition coefficient (Wildman–Crippen LogP) is 12.1. The molecule has 0 unspecified atom stereocenters. The molecule has 27 heteroatoms. The Morgan fingerprint density at radius 2 is 0.412 bits per heavy atom. The zero-order valence-electron chi connectivity index (χ0n) is 81.3. The van der Waals surface area contributed by atoms with E-state index in [-0.39, 0.29) is 123 Å².